The summed E-state index contributed by atoms with van der Waals surface area (Å²) in [5.41, 5.74) is 11.0. The monoisotopic (exact) mass is 754 g/mol. The Morgan fingerprint density at radius 2 is 1.04 bits per heavy atom. The first-order chi connectivity index (χ1) is 22.9. The topological polar surface area (TPSA) is 0 Å². The van der Waals surface area contributed by atoms with E-state index < -0.39 is 20.8 Å². The van der Waals surface area contributed by atoms with Crippen LogP contribution in [0.5, 0.6) is 0 Å². The molecule has 0 heterocycles. The van der Waals surface area contributed by atoms with Gasteiger partial charge in [0.1, 0.15) is 0 Å². The third-order valence-corrected chi connectivity index (χ3v) is 9.22. The van der Waals surface area contributed by atoms with Gasteiger partial charge in [-0.05, 0) is 41.5 Å². The summed E-state index contributed by atoms with van der Waals surface area (Å²) in [5, 5.41) is 5.44. The Kier molecular flexibility index (Phi) is 18.1. The van der Waals surface area contributed by atoms with Crippen LogP contribution < -0.4 is 0 Å². The van der Waals surface area contributed by atoms with Gasteiger partial charge in [-0.25, -0.2) is 0 Å². The zero-order valence-electron chi connectivity index (χ0n) is 29.1. The van der Waals surface area contributed by atoms with Crippen molar-refractivity contribution >= 4 is 48.1 Å². The van der Waals surface area contributed by atoms with E-state index >= 15 is 0 Å². The number of hydrogen-bond donors (Lipinski definition) is 0. The summed E-state index contributed by atoms with van der Waals surface area (Å²) in [6.45, 7) is 13.3. The average Bonchev–Trinajstić information content (AvgIpc) is 3.70. The molecule has 2 radical (unpaired) electrons. The van der Waals surface area contributed by atoms with Gasteiger partial charge in [0.2, 0.25) is 0 Å². The van der Waals surface area contributed by atoms with Gasteiger partial charge in [-0.15, -0.1) is 69.1 Å². The van der Waals surface area contributed by atoms with Gasteiger partial charge in [0, 0.05) is 9.52 Å². The fourth-order valence-corrected chi connectivity index (χ4v) is 6.42. The summed E-state index contributed by atoms with van der Waals surface area (Å²) in [6.07, 6.45) is 5.85. The second-order valence-corrected chi connectivity index (χ2v) is 17.4. The fraction of sp³-hybridized carbons (Fsp3) is 0.302. The Balaban J connectivity index is 0.000000209. The SMILES string of the molecule is CCCc1ccc(-c2cccc3[cH-]c(C)cc23)cc1.CCCc1ccc(-c2cccc3[cH-]c(CC)cc23)cc1.CC[Si]CC.[Cl][Zr+2][Cl]. The number of hydrogen-bond acceptors (Lipinski definition) is 0. The van der Waals surface area contributed by atoms with Gasteiger partial charge in [-0.1, -0.05) is 138 Å². The number of halogens is 2. The third kappa shape index (κ3) is 12.0. The van der Waals surface area contributed by atoms with E-state index in [4.69, 9.17) is 17.0 Å². The van der Waals surface area contributed by atoms with Gasteiger partial charge >= 0.3 is 37.9 Å². The summed E-state index contributed by atoms with van der Waals surface area (Å²) in [4.78, 5) is 0. The number of rotatable bonds is 9. The number of benzene rings is 4. The number of aryl methyl sites for hydroxylation is 4. The standard InChI is InChI=1S/C20H21.C19H19.C4H10Si.2ClH.Zr/c1-3-6-16-9-11-17(12-10-16)19-8-5-7-18-13-15(4-2)14-20(18)19;1-3-5-15-8-10-16(11-9-15)18-7-4-6-17-12-14(2)13-19(17)18;1-3-5-4-2;;;/h5,7-14H,3-4,6H2,1-2H3;4,6-13H,3,5H2,1-2H3;3-4H2,1-2H3;2*1H;/q2*-1;;;;+4/p-2. The second kappa shape index (κ2) is 21.7. The molecule has 6 aromatic rings. The number of fused-ring (bicyclic) bond motifs is 2. The molecule has 4 heteroatoms. The Bertz CT molecular complexity index is 1730. The van der Waals surface area contributed by atoms with Gasteiger partial charge in [0.05, 0.1) is 0 Å². The summed E-state index contributed by atoms with van der Waals surface area (Å²) >= 11 is -0.826. The molecule has 0 amide bonds. The molecule has 0 nitrogen and oxygen atoms in total. The van der Waals surface area contributed by atoms with E-state index in [1.54, 1.807) is 0 Å². The van der Waals surface area contributed by atoms with Crippen molar-refractivity contribution in [2.75, 3.05) is 0 Å². The first-order valence-corrected chi connectivity index (χ1v) is 24.9. The van der Waals surface area contributed by atoms with Crippen LogP contribution in [0.25, 0.3) is 43.8 Å². The van der Waals surface area contributed by atoms with Crippen LogP contribution in [0.3, 0.4) is 0 Å². The predicted molar refractivity (Wildman–Crippen MR) is 210 cm³/mol. The van der Waals surface area contributed by atoms with Gasteiger partial charge in [-0.3, -0.25) is 0 Å². The normalized spacial score (nSPS) is 10.3. The molecule has 0 unspecified atom stereocenters. The summed E-state index contributed by atoms with van der Waals surface area (Å²) in [7, 11) is 11.1. The second-order valence-electron chi connectivity index (χ2n) is 11.8. The van der Waals surface area contributed by atoms with E-state index in [0.717, 1.165) is 6.42 Å². The molecule has 0 saturated carbocycles. The van der Waals surface area contributed by atoms with Crippen molar-refractivity contribution in [2.24, 2.45) is 0 Å². The summed E-state index contributed by atoms with van der Waals surface area (Å²) in [5.74, 6) is 0. The zero-order valence-corrected chi connectivity index (χ0v) is 34.1. The van der Waals surface area contributed by atoms with Crippen LogP contribution in [-0.4, -0.2) is 9.52 Å². The van der Waals surface area contributed by atoms with Gasteiger partial charge in [-0.2, -0.15) is 12.1 Å². The molecule has 0 saturated heterocycles. The molecule has 6 rings (SSSR count). The summed E-state index contributed by atoms with van der Waals surface area (Å²) < 4.78 is 0. The van der Waals surface area contributed by atoms with E-state index in [0.29, 0.717) is 0 Å². The molecule has 6 aromatic carbocycles. The van der Waals surface area contributed by atoms with Crippen LogP contribution in [0.4, 0.5) is 0 Å². The molecule has 0 aromatic heterocycles. The first kappa shape index (κ1) is 39.2. The Morgan fingerprint density at radius 3 is 1.45 bits per heavy atom. The molecule has 0 bridgehead atoms. The van der Waals surface area contributed by atoms with Crippen molar-refractivity contribution in [3.05, 3.63) is 131 Å². The van der Waals surface area contributed by atoms with Crippen molar-refractivity contribution in [2.45, 2.75) is 85.7 Å². The van der Waals surface area contributed by atoms with E-state index in [1.807, 2.05) is 0 Å². The minimum absolute atomic E-state index is 0.826. The van der Waals surface area contributed by atoms with Crippen molar-refractivity contribution in [3.8, 4) is 22.3 Å². The first-order valence-electron chi connectivity index (χ1n) is 17.1. The molecule has 47 heavy (non-hydrogen) atoms. The van der Waals surface area contributed by atoms with Crippen LogP contribution in [-0.2, 0) is 40.1 Å². The van der Waals surface area contributed by atoms with Crippen molar-refractivity contribution in [1.29, 1.82) is 0 Å². The predicted octanol–water partition coefficient (Wildman–Crippen LogP) is 14.2. The molecule has 0 atom stereocenters. The van der Waals surface area contributed by atoms with Crippen molar-refractivity contribution in [1.82, 2.24) is 0 Å². The molecule has 0 aliphatic carbocycles. The third-order valence-electron chi connectivity index (χ3n) is 8.22. The van der Waals surface area contributed by atoms with E-state index in [1.165, 1.54) is 113 Å². The van der Waals surface area contributed by atoms with Crippen molar-refractivity contribution in [3.63, 3.8) is 0 Å². The van der Waals surface area contributed by atoms with Gasteiger partial charge in [0.25, 0.3) is 0 Å². The molecular weight excluding hydrogens is 707 g/mol. The van der Waals surface area contributed by atoms with Crippen LogP contribution in [0.1, 0.15) is 69.7 Å². The Hall–Kier alpha value is -2.22. The average molecular weight is 757 g/mol. The van der Waals surface area contributed by atoms with E-state index in [2.05, 4.69) is 151 Å². The maximum atomic E-state index is 4.93. The Labute approximate surface area is 306 Å². The van der Waals surface area contributed by atoms with Crippen LogP contribution in [0, 0.1) is 6.92 Å². The van der Waals surface area contributed by atoms with Gasteiger partial charge < -0.3 is 0 Å². The molecule has 0 N–H and O–H groups in total. The molecule has 0 fully saturated rings. The quantitative estimate of drug-likeness (QED) is 0.102. The van der Waals surface area contributed by atoms with Crippen LogP contribution >= 0.6 is 17.0 Å². The fourth-order valence-electron chi connectivity index (χ4n) is 5.92. The van der Waals surface area contributed by atoms with E-state index in [-0.39, 0.29) is 0 Å². The van der Waals surface area contributed by atoms with E-state index in [9.17, 15) is 0 Å². The van der Waals surface area contributed by atoms with Gasteiger partial charge in [0.15, 0.2) is 0 Å². The molecule has 0 aliphatic rings. The zero-order chi connectivity index (χ0) is 34.0. The van der Waals surface area contributed by atoms with Crippen LogP contribution in [0.15, 0.2) is 109 Å². The van der Waals surface area contributed by atoms with Crippen LogP contribution in [0.2, 0.25) is 12.1 Å². The maximum absolute atomic E-state index is 4.93. The molecule has 244 valence electrons. The minimum atomic E-state index is -0.826. The summed E-state index contributed by atoms with van der Waals surface area (Å²) in [6, 6.07) is 43.2. The molecule has 0 aliphatic heterocycles. The molecular formula is C43H50Cl2SiZr. The molecule has 0 spiro atoms. The van der Waals surface area contributed by atoms with Crippen molar-refractivity contribution < 1.29 is 20.8 Å². The Morgan fingerprint density at radius 1 is 0.596 bits per heavy atom.